The van der Waals surface area contributed by atoms with Gasteiger partial charge in [-0.25, -0.2) is 23.4 Å². The van der Waals surface area contributed by atoms with E-state index >= 15 is 0 Å². The predicted molar refractivity (Wildman–Crippen MR) is 93.4 cm³/mol. The molecule has 0 unspecified atom stereocenters. The van der Waals surface area contributed by atoms with Crippen molar-refractivity contribution in [2.75, 3.05) is 12.0 Å². The molecule has 2 N–H and O–H groups in total. The molecule has 0 aliphatic carbocycles. The summed E-state index contributed by atoms with van der Waals surface area (Å²) in [7, 11) is -3.22. The van der Waals surface area contributed by atoms with Crippen LogP contribution in [0.3, 0.4) is 0 Å². The Kier molecular flexibility index (Phi) is 4.26. The predicted octanol–water partition coefficient (Wildman–Crippen LogP) is 2.93. The molecule has 0 bridgehead atoms. The molecule has 0 saturated carbocycles. The Morgan fingerprint density at radius 2 is 2.09 bits per heavy atom. The molecule has 2 heterocycles. The van der Waals surface area contributed by atoms with E-state index in [1.165, 1.54) is 29.4 Å². The lowest BCUT2D eigenvalue weighted by atomic mass is 10.2. The van der Waals surface area contributed by atoms with E-state index in [-0.39, 0.29) is 5.25 Å². The molecule has 23 heavy (non-hydrogen) atoms. The Bertz CT molecular complexity index is 969. The summed E-state index contributed by atoms with van der Waals surface area (Å²) in [5.74, 6) is 0. The molecule has 3 aromatic rings. The number of nitrogens with two attached hydrogens (primary N) is 1. The maximum absolute atomic E-state index is 11.7. The minimum atomic E-state index is -3.22. The molecule has 0 radical (unpaired) electrons. The van der Waals surface area contributed by atoms with Gasteiger partial charge >= 0.3 is 0 Å². The number of nitrogens with zero attached hydrogens (tertiary/aromatic N) is 3. The van der Waals surface area contributed by atoms with E-state index in [9.17, 15) is 8.42 Å². The fourth-order valence-corrected chi connectivity index (χ4v) is 4.19. The lowest BCUT2D eigenvalue weighted by molar-refractivity contribution is 0.601. The summed E-state index contributed by atoms with van der Waals surface area (Å²) in [6, 6.07) is 6.92. The molecule has 9 heteroatoms. The highest BCUT2D eigenvalue weighted by Crippen LogP contribution is 2.34. The minimum absolute atomic E-state index is 0.00475. The van der Waals surface area contributed by atoms with Crippen LogP contribution in [0.1, 0.15) is 17.7 Å². The van der Waals surface area contributed by atoms with Gasteiger partial charge < -0.3 is 5.73 Å². The fourth-order valence-electron chi connectivity index (χ4n) is 2.02. The molecule has 0 aliphatic heterocycles. The highest BCUT2D eigenvalue weighted by Gasteiger charge is 2.14. The number of thioether (sulfide) groups is 1. The molecule has 2 aromatic heterocycles. The first-order valence-electron chi connectivity index (χ1n) is 6.68. The Morgan fingerprint density at radius 1 is 1.30 bits per heavy atom. The normalized spacial score (nSPS) is 13.3. The molecular weight excluding hydrogens is 352 g/mol. The van der Waals surface area contributed by atoms with Gasteiger partial charge in [-0.2, -0.15) is 0 Å². The zero-order valence-corrected chi connectivity index (χ0v) is 14.9. The zero-order chi connectivity index (χ0) is 16.6. The van der Waals surface area contributed by atoms with Gasteiger partial charge in [0.05, 0.1) is 15.8 Å². The number of hydrogen-bond donors (Lipinski definition) is 1. The second-order valence-corrected chi connectivity index (χ2v) is 9.38. The van der Waals surface area contributed by atoms with Crippen molar-refractivity contribution in [2.45, 2.75) is 22.2 Å². The number of anilines is 1. The minimum Gasteiger partial charge on any atom is -0.375 e. The highest BCUT2D eigenvalue weighted by atomic mass is 32.2. The third-order valence-corrected chi connectivity index (χ3v) is 6.13. The van der Waals surface area contributed by atoms with Crippen molar-refractivity contribution >= 4 is 48.4 Å². The van der Waals surface area contributed by atoms with Crippen LogP contribution in [-0.4, -0.2) is 29.6 Å². The topological polar surface area (TPSA) is 98.8 Å². The molecule has 3 rings (SSSR count). The fraction of sp³-hybridized carbons (Fsp3) is 0.214. The van der Waals surface area contributed by atoms with E-state index in [4.69, 9.17) is 5.73 Å². The van der Waals surface area contributed by atoms with E-state index in [1.807, 2.05) is 13.0 Å². The number of aromatic nitrogens is 3. The third-order valence-electron chi connectivity index (χ3n) is 3.18. The Hall–Kier alpha value is -1.71. The second kappa shape index (κ2) is 6.06. The number of sulfone groups is 1. The summed E-state index contributed by atoms with van der Waals surface area (Å²) in [6.07, 6.45) is 2.91. The molecule has 0 aliphatic rings. The quantitative estimate of drug-likeness (QED) is 0.560. The number of nitrogen functional groups attached to an aromatic ring is 1. The second-order valence-electron chi connectivity index (χ2n) is 5.00. The third kappa shape index (κ3) is 3.62. The summed E-state index contributed by atoms with van der Waals surface area (Å²) in [5.41, 5.74) is 7.15. The van der Waals surface area contributed by atoms with Crippen LogP contribution >= 0.6 is 23.1 Å². The molecule has 0 spiro atoms. The van der Waals surface area contributed by atoms with Gasteiger partial charge in [0.25, 0.3) is 0 Å². The summed E-state index contributed by atoms with van der Waals surface area (Å²) in [6.45, 7) is 1.98. The van der Waals surface area contributed by atoms with Gasteiger partial charge in [-0.15, -0.1) is 0 Å². The van der Waals surface area contributed by atoms with Crippen LogP contribution in [0.2, 0.25) is 0 Å². The molecule has 0 amide bonds. The van der Waals surface area contributed by atoms with E-state index in [0.29, 0.717) is 20.8 Å². The Labute approximate surface area is 142 Å². The summed E-state index contributed by atoms with van der Waals surface area (Å²) in [4.78, 5) is 13.2. The first-order valence-corrected chi connectivity index (χ1v) is 10.3. The summed E-state index contributed by atoms with van der Waals surface area (Å²) < 4.78 is 24.2. The van der Waals surface area contributed by atoms with Crippen LogP contribution in [0.15, 0.2) is 40.5 Å². The van der Waals surface area contributed by atoms with Crippen LogP contribution in [0.5, 0.6) is 0 Å². The largest absolute Gasteiger partial charge is 0.375 e. The van der Waals surface area contributed by atoms with Gasteiger partial charge in [-0.3, -0.25) is 0 Å². The van der Waals surface area contributed by atoms with Crippen LogP contribution in [0.4, 0.5) is 5.13 Å². The SMILES string of the molecule is C[C@H](Sc1ncc2sc(N)nc2n1)c1cccc(S(C)(=O)=O)c1. The lowest BCUT2D eigenvalue weighted by Gasteiger charge is -2.11. The average molecular weight is 366 g/mol. The van der Waals surface area contributed by atoms with Crippen molar-refractivity contribution in [3.05, 3.63) is 36.0 Å². The van der Waals surface area contributed by atoms with Gasteiger partial charge in [-0.05, 0) is 24.6 Å². The average Bonchev–Trinajstić information content (AvgIpc) is 2.86. The number of benzene rings is 1. The van der Waals surface area contributed by atoms with Gasteiger partial charge in [0, 0.05) is 11.5 Å². The molecular formula is C14H14N4O2S3. The monoisotopic (exact) mass is 366 g/mol. The van der Waals surface area contributed by atoms with Crippen molar-refractivity contribution in [3.63, 3.8) is 0 Å². The van der Waals surface area contributed by atoms with Crippen LogP contribution in [-0.2, 0) is 9.84 Å². The summed E-state index contributed by atoms with van der Waals surface area (Å²) in [5, 5.41) is 1.05. The van der Waals surface area contributed by atoms with E-state index in [2.05, 4.69) is 15.0 Å². The van der Waals surface area contributed by atoms with Crippen molar-refractivity contribution in [1.29, 1.82) is 0 Å². The van der Waals surface area contributed by atoms with E-state index in [0.717, 1.165) is 10.3 Å². The summed E-state index contributed by atoms with van der Waals surface area (Å²) >= 11 is 2.79. The Morgan fingerprint density at radius 3 is 2.83 bits per heavy atom. The maximum Gasteiger partial charge on any atom is 0.190 e. The first-order chi connectivity index (χ1) is 10.8. The Balaban J connectivity index is 1.86. The molecule has 0 saturated heterocycles. The van der Waals surface area contributed by atoms with Crippen LogP contribution in [0.25, 0.3) is 10.3 Å². The first kappa shape index (κ1) is 16.2. The van der Waals surface area contributed by atoms with Gasteiger partial charge in [-0.1, -0.05) is 35.2 Å². The van der Waals surface area contributed by atoms with Crippen molar-refractivity contribution in [2.24, 2.45) is 0 Å². The lowest BCUT2D eigenvalue weighted by Crippen LogP contribution is -1.99. The highest BCUT2D eigenvalue weighted by molar-refractivity contribution is 7.99. The van der Waals surface area contributed by atoms with Crippen LogP contribution in [0, 0.1) is 0 Å². The van der Waals surface area contributed by atoms with Crippen molar-refractivity contribution in [3.8, 4) is 0 Å². The number of fused-ring (bicyclic) bond motifs is 1. The zero-order valence-electron chi connectivity index (χ0n) is 12.4. The maximum atomic E-state index is 11.7. The van der Waals surface area contributed by atoms with Crippen molar-refractivity contribution < 1.29 is 8.42 Å². The van der Waals surface area contributed by atoms with Crippen LogP contribution < -0.4 is 5.73 Å². The standard InChI is InChI=1S/C14H14N4O2S3/c1-8(9-4-3-5-10(6-9)23(2,19)20)21-14-16-7-11-12(18-14)17-13(15)22-11/h3-8H,1-2H3,(H2,15,16,17,18)/t8-/m0/s1. The molecule has 120 valence electrons. The van der Waals surface area contributed by atoms with E-state index in [1.54, 1.807) is 24.4 Å². The molecule has 1 atom stereocenters. The molecule has 1 aromatic carbocycles. The smallest absolute Gasteiger partial charge is 0.190 e. The van der Waals surface area contributed by atoms with E-state index < -0.39 is 9.84 Å². The number of hydrogen-bond acceptors (Lipinski definition) is 8. The molecule has 0 fully saturated rings. The number of rotatable bonds is 4. The number of thiazole rings is 1. The van der Waals surface area contributed by atoms with Gasteiger partial charge in [0.1, 0.15) is 0 Å². The molecule has 6 nitrogen and oxygen atoms in total. The van der Waals surface area contributed by atoms with Gasteiger partial charge in [0.2, 0.25) is 0 Å². The van der Waals surface area contributed by atoms with Gasteiger partial charge in [0.15, 0.2) is 25.8 Å². The van der Waals surface area contributed by atoms with Crippen molar-refractivity contribution in [1.82, 2.24) is 15.0 Å².